The van der Waals surface area contributed by atoms with E-state index in [9.17, 15) is 0 Å². The fraction of sp³-hybridized carbons (Fsp3) is 0.538. The summed E-state index contributed by atoms with van der Waals surface area (Å²) in [6, 6.07) is 6.08. The van der Waals surface area contributed by atoms with E-state index in [1.165, 1.54) is 5.56 Å². The molecule has 0 saturated heterocycles. The van der Waals surface area contributed by atoms with Crippen molar-refractivity contribution < 1.29 is 4.74 Å². The molecule has 0 heterocycles. The zero-order valence-corrected chi connectivity index (χ0v) is 12.3. The number of anilines is 1. The van der Waals surface area contributed by atoms with Gasteiger partial charge in [-0.1, -0.05) is 6.07 Å². The maximum atomic E-state index is 5.85. The Bertz CT molecular complexity index is 355. The fourth-order valence-corrected chi connectivity index (χ4v) is 1.77. The second-order valence-electron chi connectivity index (χ2n) is 4.51. The number of likely N-dealkylation sites (N-methyl/N-ethyl adjacent to an activating group) is 1. The van der Waals surface area contributed by atoms with Crippen LogP contribution in [-0.2, 0) is 11.3 Å². The third-order valence-corrected chi connectivity index (χ3v) is 3.16. The molecule has 17 heavy (non-hydrogen) atoms. The van der Waals surface area contributed by atoms with Crippen molar-refractivity contribution in [1.82, 2.24) is 4.90 Å². The first kappa shape index (κ1) is 14.5. The minimum atomic E-state index is 0.298. The first-order valence-corrected chi connectivity index (χ1v) is 6.62. The molecule has 0 aliphatic rings. The lowest BCUT2D eigenvalue weighted by molar-refractivity contribution is 0.0627. The maximum absolute atomic E-state index is 5.85. The lowest BCUT2D eigenvalue weighted by Gasteiger charge is -2.18. The van der Waals surface area contributed by atoms with Crippen LogP contribution in [0.3, 0.4) is 0 Å². The molecule has 3 nitrogen and oxygen atoms in total. The van der Waals surface area contributed by atoms with Crippen LogP contribution in [0.1, 0.15) is 19.4 Å². The van der Waals surface area contributed by atoms with Gasteiger partial charge in [0, 0.05) is 23.2 Å². The molecule has 4 heteroatoms. The summed E-state index contributed by atoms with van der Waals surface area (Å²) in [5, 5.41) is 0. The van der Waals surface area contributed by atoms with Crippen molar-refractivity contribution in [2.75, 3.05) is 25.9 Å². The SMILES string of the molecule is CC(C)OCCN(C)Cc1ccc(Br)c(N)c1. The van der Waals surface area contributed by atoms with Crippen LogP contribution < -0.4 is 5.73 Å². The predicted molar refractivity (Wildman–Crippen MR) is 76.0 cm³/mol. The number of benzene rings is 1. The van der Waals surface area contributed by atoms with Crippen LogP contribution in [0, 0.1) is 0 Å². The highest BCUT2D eigenvalue weighted by atomic mass is 79.9. The van der Waals surface area contributed by atoms with Gasteiger partial charge >= 0.3 is 0 Å². The molecule has 0 aliphatic carbocycles. The Labute approximate surface area is 112 Å². The quantitative estimate of drug-likeness (QED) is 0.821. The summed E-state index contributed by atoms with van der Waals surface area (Å²) >= 11 is 3.39. The summed E-state index contributed by atoms with van der Waals surface area (Å²) in [4.78, 5) is 2.23. The maximum Gasteiger partial charge on any atom is 0.0596 e. The van der Waals surface area contributed by atoms with E-state index in [-0.39, 0.29) is 0 Å². The van der Waals surface area contributed by atoms with Gasteiger partial charge in [-0.2, -0.15) is 0 Å². The molecule has 1 aromatic rings. The van der Waals surface area contributed by atoms with Gasteiger partial charge in [0.15, 0.2) is 0 Å². The summed E-state index contributed by atoms with van der Waals surface area (Å²) in [6.45, 7) is 6.68. The van der Waals surface area contributed by atoms with Crippen molar-refractivity contribution >= 4 is 21.6 Å². The lowest BCUT2D eigenvalue weighted by Crippen LogP contribution is -2.24. The summed E-state index contributed by atoms with van der Waals surface area (Å²) in [7, 11) is 2.09. The lowest BCUT2D eigenvalue weighted by atomic mass is 10.2. The summed E-state index contributed by atoms with van der Waals surface area (Å²) in [5.74, 6) is 0. The van der Waals surface area contributed by atoms with E-state index < -0.39 is 0 Å². The molecule has 0 aromatic heterocycles. The molecule has 0 atom stereocenters. The Morgan fingerprint density at radius 2 is 2.12 bits per heavy atom. The first-order valence-electron chi connectivity index (χ1n) is 5.83. The molecular formula is C13H21BrN2O. The highest BCUT2D eigenvalue weighted by Gasteiger charge is 2.03. The minimum Gasteiger partial charge on any atom is -0.398 e. The normalized spacial score (nSPS) is 11.4. The molecule has 2 N–H and O–H groups in total. The van der Waals surface area contributed by atoms with E-state index in [1.54, 1.807) is 0 Å². The van der Waals surface area contributed by atoms with Crippen molar-refractivity contribution in [3.63, 3.8) is 0 Å². The van der Waals surface area contributed by atoms with Crippen molar-refractivity contribution in [2.24, 2.45) is 0 Å². The van der Waals surface area contributed by atoms with Gasteiger partial charge in [0.05, 0.1) is 12.7 Å². The predicted octanol–water partition coefficient (Wildman–Crippen LogP) is 2.89. The van der Waals surface area contributed by atoms with Gasteiger partial charge < -0.3 is 10.5 Å². The Morgan fingerprint density at radius 3 is 2.71 bits per heavy atom. The number of nitrogens with zero attached hydrogens (tertiary/aromatic N) is 1. The van der Waals surface area contributed by atoms with Gasteiger partial charge in [-0.3, -0.25) is 4.90 Å². The number of hydrogen-bond donors (Lipinski definition) is 1. The highest BCUT2D eigenvalue weighted by molar-refractivity contribution is 9.10. The van der Waals surface area contributed by atoms with Gasteiger partial charge in [-0.25, -0.2) is 0 Å². The standard InChI is InChI=1S/C13H21BrN2O/c1-10(2)17-7-6-16(3)9-11-4-5-12(14)13(15)8-11/h4-5,8,10H,6-7,9,15H2,1-3H3. The van der Waals surface area contributed by atoms with Gasteiger partial charge in [0.2, 0.25) is 0 Å². The molecule has 0 spiro atoms. The van der Waals surface area contributed by atoms with E-state index >= 15 is 0 Å². The van der Waals surface area contributed by atoms with E-state index in [0.717, 1.165) is 29.9 Å². The van der Waals surface area contributed by atoms with Crippen molar-refractivity contribution in [3.05, 3.63) is 28.2 Å². The number of nitrogen functional groups attached to an aromatic ring is 1. The van der Waals surface area contributed by atoms with Gasteiger partial charge in [0.25, 0.3) is 0 Å². The Morgan fingerprint density at radius 1 is 1.41 bits per heavy atom. The van der Waals surface area contributed by atoms with Crippen LogP contribution in [0.4, 0.5) is 5.69 Å². The number of hydrogen-bond acceptors (Lipinski definition) is 3. The van der Waals surface area contributed by atoms with Crippen LogP contribution in [0.5, 0.6) is 0 Å². The number of halogens is 1. The number of nitrogens with two attached hydrogens (primary N) is 1. The third kappa shape index (κ3) is 5.52. The smallest absolute Gasteiger partial charge is 0.0596 e. The van der Waals surface area contributed by atoms with Gasteiger partial charge in [-0.15, -0.1) is 0 Å². The average molecular weight is 301 g/mol. The van der Waals surface area contributed by atoms with Gasteiger partial charge in [-0.05, 0) is 54.5 Å². The van der Waals surface area contributed by atoms with Crippen molar-refractivity contribution in [1.29, 1.82) is 0 Å². The zero-order valence-electron chi connectivity index (χ0n) is 10.7. The molecule has 0 aliphatic heterocycles. The largest absolute Gasteiger partial charge is 0.398 e. The van der Waals surface area contributed by atoms with E-state index in [4.69, 9.17) is 10.5 Å². The molecule has 0 saturated carbocycles. The van der Waals surface area contributed by atoms with Crippen molar-refractivity contribution in [2.45, 2.75) is 26.5 Å². The first-order chi connectivity index (χ1) is 7.99. The summed E-state index contributed by atoms with van der Waals surface area (Å²) < 4.78 is 6.47. The Kier molecular flexibility index (Phi) is 5.95. The van der Waals surface area contributed by atoms with E-state index in [1.807, 2.05) is 12.1 Å². The summed E-state index contributed by atoms with van der Waals surface area (Å²) in [5.41, 5.74) is 7.85. The molecule has 0 fully saturated rings. The summed E-state index contributed by atoms with van der Waals surface area (Å²) in [6.07, 6.45) is 0.298. The van der Waals surface area contributed by atoms with Crippen LogP contribution in [0.15, 0.2) is 22.7 Å². The number of rotatable bonds is 6. The van der Waals surface area contributed by atoms with Crippen molar-refractivity contribution in [3.8, 4) is 0 Å². The molecule has 0 radical (unpaired) electrons. The topological polar surface area (TPSA) is 38.5 Å². The average Bonchev–Trinajstić information content (AvgIpc) is 2.23. The van der Waals surface area contributed by atoms with Gasteiger partial charge in [0.1, 0.15) is 0 Å². The van der Waals surface area contributed by atoms with E-state index in [0.29, 0.717) is 6.10 Å². The minimum absolute atomic E-state index is 0.298. The molecule has 0 amide bonds. The third-order valence-electron chi connectivity index (χ3n) is 2.44. The van der Waals surface area contributed by atoms with Crippen LogP contribution >= 0.6 is 15.9 Å². The van der Waals surface area contributed by atoms with Crippen LogP contribution in [-0.4, -0.2) is 31.2 Å². The van der Waals surface area contributed by atoms with Crippen LogP contribution in [0.2, 0.25) is 0 Å². The highest BCUT2D eigenvalue weighted by Crippen LogP contribution is 2.20. The Balaban J connectivity index is 2.39. The molecule has 96 valence electrons. The monoisotopic (exact) mass is 300 g/mol. The second-order valence-corrected chi connectivity index (χ2v) is 5.37. The molecule has 1 aromatic carbocycles. The molecule has 0 bridgehead atoms. The fourth-order valence-electron chi connectivity index (χ4n) is 1.53. The van der Waals surface area contributed by atoms with Crippen LogP contribution in [0.25, 0.3) is 0 Å². The molecular weight excluding hydrogens is 280 g/mol. The second kappa shape index (κ2) is 6.99. The Hall–Kier alpha value is -0.580. The zero-order chi connectivity index (χ0) is 12.8. The molecule has 1 rings (SSSR count). The molecule has 0 unspecified atom stereocenters. The number of ether oxygens (including phenoxy) is 1. The van der Waals surface area contributed by atoms with E-state index in [2.05, 4.69) is 47.8 Å².